The SMILES string of the molecule is Nc1c(F)cccc1Cl. The fraction of sp³-hybridized carbons (Fsp3) is 0. The van der Waals surface area contributed by atoms with Crippen molar-refractivity contribution in [2.24, 2.45) is 0 Å². The van der Waals surface area contributed by atoms with Gasteiger partial charge in [-0.25, -0.2) is 4.39 Å². The minimum absolute atomic E-state index is 0.0131. The third-order valence-corrected chi connectivity index (χ3v) is 1.33. The van der Waals surface area contributed by atoms with E-state index < -0.39 is 5.82 Å². The van der Waals surface area contributed by atoms with Gasteiger partial charge in [0, 0.05) is 0 Å². The van der Waals surface area contributed by atoms with Gasteiger partial charge in [-0.3, -0.25) is 0 Å². The lowest BCUT2D eigenvalue weighted by Crippen LogP contribution is -1.89. The number of rotatable bonds is 0. The second kappa shape index (κ2) is 2.23. The second-order valence-electron chi connectivity index (χ2n) is 1.64. The van der Waals surface area contributed by atoms with Gasteiger partial charge in [0.05, 0.1) is 10.7 Å². The van der Waals surface area contributed by atoms with Crippen LogP contribution in [-0.4, -0.2) is 0 Å². The van der Waals surface area contributed by atoms with Crippen molar-refractivity contribution in [3.63, 3.8) is 0 Å². The van der Waals surface area contributed by atoms with Gasteiger partial charge in [-0.2, -0.15) is 0 Å². The molecule has 3 heteroatoms. The highest BCUT2D eigenvalue weighted by molar-refractivity contribution is 6.33. The Balaban J connectivity index is 3.25. The molecule has 0 saturated carbocycles. The van der Waals surface area contributed by atoms with Crippen LogP contribution in [0.25, 0.3) is 0 Å². The number of hydrogen-bond acceptors (Lipinski definition) is 1. The molecular weight excluding hydrogens is 141 g/mol. The molecular formula is C6H5ClFN. The zero-order valence-electron chi connectivity index (χ0n) is 4.57. The third kappa shape index (κ3) is 1.13. The normalized spacial score (nSPS) is 9.56. The molecule has 1 rings (SSSR count). The number of anilines is 1. The Kier molecular flexibility index (Phi) is 1.58. The molecule has 1 aromatic carbocycles. The molecule has 0 aromatic heterocycles. The highest BCUT2D eigenvalue weighted by atomic mass is 35.5. The van der Waals surface area contributed by atoms with Gasteiger partial charge < -0.3 is 5.73 Å². The Morgan fingerprint density at radius 2 is 2.11 bits per heavy atom. The number of para-hydroxylation sites is 1. The molecule has 2 N–H and O–H groups in total. The van der Waals surface area contributed by atoms with Crippen LogP contribution < -0.4 is 5.73 Å². The van der Waals surface area contributed by atoms with Crippen LogP contribution in [0.1, 0.15) is 0 Å². The van der Waals surface area contributed by atoms with E-state index in [0.29, 0.717) is 0 Å². The summed E-state index contributed by atoms with van der Waals surface area (Å²) in [7, 11) is 0. The van der Waals surface area contributed by atoms with Gasteiger partial charge in [-0.05, 0) is 12.1 Å². The first-order valence-corrected chi connectivity index (χ1v) is 2.79. The standard InChI is InChI=1S/C6H5ClFN/c7-4-2-1-3-5(8)6(4)9/h1-3H,9H2. The van der Waals surface area contributed by atoms with Crippen molar-refractivity contribution in [1.82, 2.24) is 0 Å². The van der Waals surface area contributed by atoms with E-state index >= 15 is 0 Å². The topological polar surface area (TPSA) is 26.0 Å². The molecule has 0 aliphatic rings. The van der Waals surface area contributed by atoms with E-state index in [1.54, 1.807) is 6.07 Å². The molecule has 0 radical (unpaired) electrons. The zero-order valence-corrected chi connectivity index (χ0v) is 5.32. The number of nitrogen functional groups attached to an aromatic ring is 1. The van der Waals surface area contributed by atoms with Crippen LogP contribution in [-0.2, 0) is 0 Å². The molecule has 0 bridgehead atoms. The van der Waals surface area contributed by atoms with Gasteiger partial charge in [-0.15, -0.1) is 0 Å². The summed E-state index contributed by atoms with van der Waals surface area (Å²) in [6.07, 6.45) is 0. The van der Waals surface area contributed by atoms with Crippen molar-refractivity contribution in [2.75, 3.05) is 5.73 Å². The molecule has 0 spiro atoms. The first-order valence-electron chi connectivity index (χ1n) is 2.41. The van der Waals surface area contributed by atoms with Gasteiger partial charge in [0.1, 0.15) is 5.82 Å². The monoisotopic (exact) mass is 145 g/mol. The highest BCUT2D eigenvalue weighted by Gasteiger charge is 1.98. The molecule has 1 aromatic rings. The number of nitrogens with two attached hydrogens (primary N) is 1. The molecule has 0 amide bonds. The van der Waals surface area contributed by atoms with Crippen molar-refractivity contribution in [2.45, 2.75) is 0 Å². The molecule has 0 atom stereocenters. The molecule has 0 saturated heterocycles. The number of benzene rings is 1. The van der Waals surface area contributed by atoms with E-state index in [-0.39, 0.29) is 10.7 Å². The molecule has 9 heavy (non-hydrogen) atoms. The van der Waals surface area contributed by atoms with Gasteiger partial charge in [0.2, 0.25) is 0 Å². The van der Waals surface area contributed by atoms with E-state index in [1.165, 1.54) is 12.1 Å². The van der Waals surface area contributed by atoms with Crippen LogP contribution in [0, 0.1) is 5.82 Å². The van der Waals surface area contributed by atoms with Gasteiger partial charge in [0.25, 0.3) is 0 Å². The molecule has 0 fully saturated rings. The van der Waals surface area contributed by atoms with E-state index in [9.17, 15) is 4.39 Å². The Hall–Kier alpha value is -0.760. The van der Waals surface area contributed by atoms with Crippen molar-refractivity contribution < 1.29 is 4.39 Å². The van der Waals surface area contributed by atoms with Crippen LogP contribution in [0.5, 0.6) is 0 Å². The number of halogens is 2. The summed E-state index contributed by atoms with van der Waals surface area (Å²) >= 11 is 5.45. The molecule has 48 valence electrons. The molecule has 0 aliphatic carbocycles. The fourth-order valence-corrected chi connectivity index (χ4v) is 0.674. The quantitative estimate of drug-likeness (QED) is 0.556. The first kappa shape index (κ1) is 6.36. The minimum atomic E-state index is -0.470. The highest BCUT2D eigenvalue weighted by Crippen LogP contribution is 2.19. The van der Waals surface area contributed by atoms with Crippen LogP contribution in [0.15, 0.2) is 18.2 Å². The van der Waals surface area contributed by atoms with Crippen molar-refractivity contribution in [1.29, 1.82) is 0 Å². The molecule has 0 unspecified atom stereocenters. The average Bonchev–Trinajstić information content (AvgIpc) is 1.83. The van der Waals surface area contributed by atoms with Gasteiger partial charge in [0.15, 0.2) is 0 Å². The summed E-state index contributed by atoms with van der Waals surface area (Å²) in [6.45, 7) is 0. The Bertz CT molecular complexity index is 204. The smallest absolute Gasteiger partial charge is 0.147 e. The predicted molar refractivity (Wildman–Crippen MR) is 35.8 cm³/mol. The summed E-state index contributed by atoms with van der Waals surface area (Å²) in [5, 5.41) is 0.259. The van der Waals surface area contributed by atoms with Crippen molar-refractivity contribution >= 4 is 17.3 Å². The lowest BCUT2D eigenvalue weighted by atomic mass is 10.3. The summed E-state index contributed by atoms with van der Waals surface area (Å²) in [5.41, 5.74) is 5.19. The second-order valence-corrected chi connectivity index (χ2v) is 2.04. The number of hydrogen-bond donors (Lipinski definition) is 1. The summed E-state index contributed by atoms with van der Waals surface area (Å²) < 4.78 is 12.4. The third-order valence-electron chi connectivity index (χ3n) is 1.000. The Morgan fingerprint density at radius 1 is 1.44 bits per heavy atom. The van der Waals surface area contributed by atoms with Gasteiger partial charge in [-0.1, -0.05) is 17.7 Å². The van der Waals surface area contributed by atoms with Crippen molar-refractivity contribution in [3.05, 3.63) is 29.0 Å². The van der Waals surface area contributed by atoms with Crippen LogP contribution in [0.4, 0.5) is 10.1 Å². The maximum Gasteiger partial charge on any atom is 0.147 e. The Morgan fingerprint density at radius 3 is 2.56 bits per heavy atom. The molecule has 0 heterocycles. The van der Waals surface area contributed by atoms with E-state index in [0.717, 1.165) is 0 Å². The van der Waals surface area contributed by atoms with E-state index in [1.807, 2.05) is 0 Å². The average molecular weight is 146 g/mol. The lowest BCUT2D eigenvalue weighted by molar-refractivity contribution is 0.632. The first-order chi connectivity index (χ1) is 4.22. The molecule has 0 aliphatic heterocycles. The Labute approximate surface area is 57.2 Å². The molecule has 1 nitrogen and oxygen atoms in total. The summed E-state index contributed by atoms with van der Waals surface area (Å²) in [4.78, 5) is 0. The van der Waals surface area contributed by atoms with Crippen LogP contribution >= 0.6 is 11.6 Å². The van der Waals surface area contributed by atoms with E-state index in [4.69, 9.17) is 17.3 Å². The lowest BCUT2D eigenvalue weighted by Gasteiger charge is -1.95. The predicted octanol–water partition coefficient (Wildman–Crippen LogP) is 2.06. The van der Waals surface area contributed by atoms with Crippen LogP contribution in [0.3, 0.4) is 0 Å². The van der Waals surface area contributed by atoms with E-state index in [2.05, 4.69) is 0 Å². The summed E-state index contributed by atoms with van der Waals surface area (Å²) in [5.74, 6) is -0.470. The van der Waals surface area contributed by atoms with Crippen molar-refractivity contribution in [3.8, 4) is 0 Å². The fourth-order valence-electron chi connectivity index (χ4n) is 0.511. The maximum atomic E-state index is 12.4. The van der Waals surface area contributed by atoms with Gasteiger partial charge >= 0.3 is 0 Å². The zero-order chi connectivity index (χ0) is 6.85. The minimum Gasteiger partial charge on any atom is -0.395 e. The summed E-state index contributed by atoms with van der Waals surface area (Å²) in [6, 6.07) is 4.31. The van der Waals surface area contributed by atoms with Crippen LogP contribution in [0.2, 0.25) is 5.02 Å². The maximum absolute atomic E-state index is 12.4. The largest absolute Gasteiger partial charge is 0.395 e.